The average molecular weight is 387 g/mol. The molecule has 1 atom stereocenters. The summed E-state index contributed by atoms with van der Waals surface area (Å²) in [6, 6.07) is 3.03. The predicted molar refractivity (Wildman–Crippen MR) is 98.5 cm³/mol. The first-order chi connectivity index (χ1) is 13.6. The van der Waals surface area contributed by atoms with Crippen LogP contribution in [0, 0.1) is 0 Å². The molecule has 2 aromatic rings. The Balaban J connectivity index is 1.28. The van der Waals surface area contributed by atoms with Crippen molar-refractivity contribution >= 4 is 11.9 Å². The van der Waals surface area contributed by atoms with E-state index in [4.69, 9.17) is 8.94 Å². The molecule has 9 nitrogen and oxygen atoms in total. The second kappa shape index (κ2) is 8.04. The van der Waals surface area contributed by atoms with Gasteiger partial charge in [0.15, 0.2) is 11.6 Å². The third-order valence-corrected chi connectivity index (χ3v) is 5.43. The number of carbonyl (C=O) groups is 2. The fourth-order valence-electron chi connectivity index (χ4n) is 3.56. The van der Waals surface area contributed by atoms with E-state index in [0.29, 0.717) is 36.5 Å². The van der Waals surface area contributed by atoms with Crippen molar-refractivity contribution in [3.05, 3.63) is 35.9 Å². The molecule has 1 saturated heterocycles. The Morgan fingerprint density at radius 2 is 2.18 bits per heavy atom. The topological polar surface area (TPSA) is 105 Å². The number of piperidine rings is 1. The molecule has 0 aromatic carbocycles. The van der Waals surface area contributed by atoms with Crippen molar-refractivity contribution in [1.82, 2.24) is 25.3 Å². The van der Waals surface area contributed by atoms with Crippen LogP contribution >= 0.6 is 0 Å². The Morgan fingerprint density at radius 1 is 1.32 bits per heavy atom. The van der Waals surface area contributed by atoms with Crippen LogP contribution in [0.5, 0.6) is 0 Å². The van der Waals surface area contributed by atoms with Gasteiger partial charge in [0, 0.05) is 32.1 Å². The SMILES string of the molecule is CN(Cc1noc(C2CCC2)n1)C(=O)N[C@@H]1CCCN(C(=O)c2ccco2)C1. The molecule has 1 saturated carbocycles. The van der Waals surface area contributed by atoms with E-state index in [9.17, 15) is 9.59 Å². The minimum Gasteiger partial charge on any atom is -0.459 e. The highest BCUT2D eigenvalue weighted by molar-refractivity contribution is 5.91. The quantitative estimate of drug-likeness (QED) is 0.845. The molecule has 1 aliphatic carbocycles. The van der Waals surface area contributed by atoms with E-state index in [1.807, 2.05) is 0 Å². The van der Waals surface area contributed by atoms with Crippen LogP contribution in [-0.2, 0) is 6.54 Å². The monoisotopic (exact) mass is 387 g/mol. The molecular formula is C19H25N5O4. The molecule has 0 unspecified atom stereocenters. The van der Waals surface area contributed by atoms with E-state index >= 15 is 0 Å². The molecule has 0 bridgehead atoms. The number of urea groups is 1. The molecule has 3 heterocycles. The van der Waals surface area contributed by atoms with Crippen LogP contribution in [0.25, 0.3) is 0 Å². The summed E-state index contributed by atoms with van der Waals surface area (Å²) in [5, 5.41) is 6.98. The van der Waals surface area contributed by atoms with Gasteiger partial charge in [-0.15, -0.1) is 0 Å². The Bertz CT molecular complexity index is 814. The lowest BCUT2D eigenvalue weighted by molar-refractivity contribution is 0.0663. The first kappa shape index (κ1) is 18.5. The number of likely N-dealkylation sites (tertiary alicyclic amines) is 1. The Hall–Kier alpha value is -2.84. The van der Waals surface area contributed by atoms with Crippen molar-refractivity contribution in [1.29, 1.82) is 0 Å². The van der Waals surface area contributed by atoms with Gasteiger partial charge in [0.1, 0.15) is 0 Å². The maximum absolute atomic E-state index is 12.5. The van der Waals surface area contributed by atoms with Crippen molar-refractivity contribution < 1.29 is 18.5 Å². The Kier molecular flexibility index (Phi) is 5.31. The van der Waals surface area contributed by atoms with Crippen LogP contribution in [0.3, 0.4) is 0 Å². The number of nitrogens with one attached hydrogen (secondary N) is 1. The molecule has 1 N–H and O–H groups in total. The van der Waals surface area contributed by atoms with Crippen LogP contribution < -0.4 is 5.32 Å². The summed E-state index contributed by atoms with van der Waals surface area (Å²) in [5.74, 6) is 1.74. The molecule has 9 heteroatoms. The molecule has 0 radical (unpaired) electrons. The lowest BCUT2D eigenvalue weighted by atomic mass is 9.85. The highest BCUT2D eigenvalue weighted by atomic mass is 16.5. The summed E-state index contributed by atoms with van der Waals surface area (Å²) < 4.78 is 10.5. The summed E-state index contributed by atoms with van der Waals surface area (Å²) in [5.41, 5.74) is 0. The summed E-state index contributed by atoms with van der Waals surface area (Å²) in [7, 11) is 1.70. The second-order valence-electron chi connectivity index (χ2n) is 7.55. The second-order valence-corrected chi connectivity index (χ2v) is 7.55. The third kappa shape index (κ3) is 4.02. The Labute approximate surface area is 163 Å². The van der Waals surface area contributed by atoms with Crippen molar-refractivity contribution in [2.75, 3.05) is 20.1 Å². The van der Waals surface area contributed by atoms with Gasteiger partial charge in [0.2, 0.25) is 5.89 Å². The molecule has 0 spiro atoms. The lowest BCUT2D eigenvalue weighted by Gasteiger charge is -2.33. The molecule has 2 fully saturated rings. The molecule has 28 heavy (non-hydrogen) atoms. The third-order valence-electron chi connectivity index (χ3n) is 5.43. The van der Waals surface area contributed by atoms with Gasteiger partial charge in [-0.25, -0.2) is 4.79 Å². The fourth-order valence-corrected chi connectivity index (χ4v) is 3.56. The standard InChI is InChI=1S/C19H25N5O4/c1-23(12-16-21-17(28-22-16)13-5-2-6-13)19(26)20-14-7-3-9-24(11-14)18(25)15-8-4-10-27-15/h4,8,10,13-14H,2-3,5-7,9,11-12H2,1H3,(H,20,26)/t14-/m1/s1. The average Bonchev–Trinajstić information content (AvgIpc) is 3.32. The van der Waals surface area contributed by atoms with Gasteiger partial charge in [0.25, 0.3) is 5.91 Å². The maximum atomic E-state index is 12.5. The number of furan rings is 1. The van der Waals surface area contributed by atoms with E-state index in [1.165, 1.54) is 17.6 Å². The van der Waals surface area contributed by atoms with Crippen LogP contribution in [0.2, 0.25) is 0 Å². The number of rotatable bonds is 5. The number of hydrogen-bond donors (Lipinski definition) is 1. The minimum absolute atomic E-state index is 0.0987. The minimum atomic E-state index is -0.215. The molecule has 1 aliphatic heterocycles. The zero-order valence-corrected chi connectivity index (χ0v) is 16.0. The fraction of sp³-hybridized carbons (Fsp3) is 0.579. The number of aromatic nitrogens is 2. The molecule has 3 amide bonds. The summed E-state index contributed by atoms with van der Waals surface area (Å²) >= 11 is 0. The molecular weight excluding hydrogens is 362 g/mol. The van der Waals surface area contributed by atoms with E-state index in [-0.39, 0.29) is 24.5 Å². The van der Waals surface area contributed by atoms with Crippen LogP contribution in [0.1, 0.15) is 60.3 Å². The van der Waals surface area contributed by atoms with E-state index in [0.717, 1.165) is 25.7 Å². The zero-order valence-electron chi connectivity index (χ0n) is 16.0. The van der Waals surface area contributed by atoms with Gasteiger partial charge in [-0.2, -0.15) is 4.98 Å². The summed E-state index contributed by atoms with van der Waals surface area (Å²) in [6.07, 6.45) is 6.53. The van der Waals surface area contributed by atoms with Gasteiger partial charge in [-0.3, -0.25) is 4.79 Å². The highest BCUT2D eigenvalue weighted by Gasteiger charge is 2.28. The highest BCUT2D eigenvalue weighted by Crippen LogP contribution is 2.35. The lowest BCUT2D eigenvalue weighted by Crippen LogP contribution is -2.52. The number of hydrogen-bond acceptors (Lipinski definition) is 6. The number of carbonyl (C=O) groups excluding carboxylic acids is 2. The van der Waals surface area contributed by atoms with E-state index in [2.05, 4.69) is 15.5 Å². The van der Waals surface area contributed by atoms with Gasteiger partial charge >= 0.3 is 6.03 Å². The normalized spacial score (nSPS) is 19.9. The predicted octanol–water partition coefficient (Wildman–Crippen LogP) is 2.38. The van der Waals surface area contributed by atoms with E-state index in [1.54, 1.807) is 24.1 Å². The smallest absolute Gasteiger partial charge is 0.317 e. The van der Waals surface area contributed by atoms with Crippen molar-refractivity contribution in [3.63, 3.8) is 0 Å². The Morgan fingerprint density at radius 3 is 2.89 bits per heavy atom. The first-order valence-electron chi connectivity index (χ1n) is 9.77. The van der Waals surface area contributed by atoms with Crippen molar-refractivity contribution in [3.8, 4) is 0 Å². The number of amides is 3. The van der Waals surface area contributed by atoms with Gasteiger partial charge in [0.05, 0.1) is 12.8 Å². The molecule has 2 aromatic heterocycles. The zero-order chi connectivity index (χ0) is 19.5. The first-order valence-corrected chi connectivity index (χ1v) is 9.77. The van der Waals surface area contributed by atoms with Gasteiger partial charge in [-0.1, -0.05) is 11.6 Å². The van der Waals surface area contributed by atoms with Gasteiger partial charge < -0.3 is 24.1 Å². The summed E-state index contributed by atoms with van der Waals surface area (Å²) in [6.45, 7) is 1.41. The van der Waals surface area contributed by atoms with Crippen LogP contribution in [0.4, 0.5) is 4.79 Å². The number of nitrogens with zero attached hydrogens (tertiary/aromatic N) is 4. The van der Waals surface area contributed by atoms with Gasteiger partial charge in [-0.05, 0) is 37.8 Å². The van der Waals surface area contributed by atoms with Crippen molar-refractivity contribution in [2.45, 2.75) is 50.6 Å². The molecule has 2 aliphatic rings. The maximum Gasteiger partial charge on any atom is 0.317 e. The summed E-state index contributed by atoms with van der Waals surface area (Å²) in [4.78, 5) is 32.6. The molecule has 4 rings (SSSR count). The largest absolute Gasteiger partial charge is 0.459 e. The van der Waals surface area contributed by atoms with Crippen LogP contribution in [0.15, 0.2) is 27.3 Å². The van der Waals surface area contributed by atoms with Crippen LogP contribution in [-0.4, -0.2) is 58.1 Å². The van der Waals surface area contributed by atoms with Crippen molar-refractivity contribution in [2.24, 2.45) is 0 Å². The van der Waals surface area contributed by atoms with E-state index < -0.39 is 0 Å². The molecule has 150 valence electrons.